The monoisotopic (exact) mass is 236 g/mol. The number of hydrogen-bond donors (Lipinski definition) is 1. The van der Waals surface area contributed by atoms with E-state index < -0.39 is 6.04 Å². The topological polar surface area (TPSA) is 49.4 Å². The molecular formula is C13H20N2O2. The lowest BCUT2D eigenvalue weighted by molar-refractivity contribution is -0.147. The molecule has 3 unspecified atom stereocenters. The fourth-order valence-corrected chi connectivity index (χ4v) is 1.97. The van der Waals surface area contributed by atoms with Crippen LogP contribution in [0.1, 0.15) is 33.6 Å². The van der Waals surface area contributed by atoms with Crippen LogP contribution in [-0.4, -0.2) is 35.3 Å². The lowest BCUT2D eigenvalue weighted by Gasteiger charge is -2.38. The van der Waals surface area contributed by atoms with Crippen LogP contribution in [0, 0.1) is 18.3 Å². The normalized spacial score (nSPS) is 23.9. The van der Waals surface area contributed by atoms with Crippen LogP contribution in [0.15, 0.2) is 0 Å². The van der Waals surface area contributed by atoms with Gasteiger partial charge < -0.3 is 10.2 Å². The van der Waals surface area contributed by atoms with E-state index in [1.54, 1.807) is 4.90 Å². The third-order valence-electron chi connectivity index (χ3n) is 3.34. The van der Waals surface area contributed by atoms with Gasteiger partial charge >= 0.3 is 0 Å². The number of hydrogen-bond acceptors (Lipinski definition) is 2. The molecule has 0 radical (unpaired) electrons. The highest BCUT2D eigenvalue weighted by Gasteiger charge is 2.37. The fourth-order valence-electron chi connectivity index (χ4n) is 1.97. The molecule has 1 N–H and O–H groups in total. The van der Waals surface area contributed by atoms with Crippen molar-refractivity contribution < 1.29 is 9.59 Å². The van der Waals surface area contributed by atoms with Gasteiger partial charge in [-0.25, -0.2) is 0 Å². The Bertz CT molecular complexity index is 346. The number of rotatable bonds is 4. The highest BCUT2D eigenvalue weighted by atomic mass is 16.2. The SMILES string of the molecule is C#CCC(C)N1CC(=O)NC(C(C)CC)C1=O. The molecule has 0 aromatic rings. The zero-order valence-corrected chi connectivity index (χ0v) is 10.7. The summed E-state index contributed by atoms with van der Waals surface area (Å²) < 4.78 is 0. The number of terminal acetylenes is 1. The van der Waals surface area contributed by atoms with E-state index in [1.165, 1.54) is 0 Å². The number of piperazine rings is 1. The van der Waals surface area contributed by atoms with Crippen LogP contribution in [0.25, 0.3) is 0 Å². The first kappa shape index (κ1) is 13.6. The molecule has 94 valence electrons. The Balaban J connectivity index is 2.82. The minimum atomic E-state index is -0.401. The molecule has 1 aliphatic heterocycles. The Morgan fingerprint density at radius 2 is 2.18 bits per heavy atom. The average molecular weight is 236 g/mol. The molecule has 2 amide bonds. The van der Waals surface area contributed by atoms with E-state index in [9.17, 15) is 9.59 Å². The molecular weight excluding hydrogens is 216 g/mol. The molecule has 0 spiro atoms. The summed E-state index contributed by atoms with van der Waals surface area (Å²) in [6.45, 7) is 5.98. The van der Waals surface area contributed by atoms with Gasteiger partial charge in [-0.15, -0.1) is 12.3 Å². The van der Waals surface area contributed by atoms with Crippen LogP contribution in [0.5, 0.6) is 0 Å². The van der Waals surface area contributed by atoms with Crippen molar-refractivity contribution in [3.05, 3.63) is 0 Å². The van der Waals surface area contributed by atoms with E-state index in [-0.39, 0.29) is 30.3 Å². The van der Waals surface area contributed by atoms with Crippen LogP contribution in [0.2, 0.25) is 0 Å². The smallest absolute Gasteiger partial charge is 0.246 e. The van der Waals surface area contributed by atoms with Crippen molar-refractivity contribution in [3.63, 3.8) is 0 Å². The maximum Gasteiger partial charge on any atom is 0.246 e. The second-order valence-electron chi connectivity index (χ2n) is 4.65. The third-order valence-corrected chi connectivity index (χ3v) is 3.34. The predicted molar refractivity (Wildman–Crippen MR) is 66.0 cm³/mol. The molecule has 0 aromatic heterocycles. The molecule has 0 aromatic carbocycles. The Labute approximate surface area is 103 Å². The van der Waals surface area contributed by atoms with Gasteiger partial charge in [0.15, 0.2) is 0 Å². The summed E-state index contributed by atoms with van der Waals surface area (Å²) in [4.78, 5) is 25.4. The number of nitrogens with one attached hydrogen (secondary N) is 1. The van der Waals surface area contributed by atoms with Crippen molar-refractivity contribution in [2.24, 2.45) is 5.92 Å². The maximum absolute atomic E-state index is 12.2. The molecule has 17 heavy (non-hydrogen) atoms. The number of nitrogens with zero attached hydrogens (tertiary/aromatic N) is 1. The van der Waals surface area contributed by atoms with Crippen molar-refractivity contribution in [2.75, 3.05) is 6.54 Å². The Kier molecular flexibility index (Phi) is 4.56. The van der Waals surface area contributed by atoms with Crippen molar-refractivity contribution in [2.45, 2.75) is 45.7 Å². The summed E-state index contributed by atoms with van der Waals surface area (Å²) in [5, 5.41) is 2.76. The van der Waals surface area contributed by atoms with E-state index in [0.29, 0.717) is 6.42 Å². The Morgan fingerprint density at radius 3 is 2.71 bits per heavy atom. The van der Waals surface area contributed by atoms with Crippen molar-refractivity contribution in [1.29, 1.82) is 0 Å². The predicted octanol–water partition coefficient (Wildman–Crippen LogP) is 0.771. The highest BCUT2D eigenvalue weighted by molar-refractivity contribution is 5.95. The van der Waals surface area contributed by atoms with Gasteiger partial charge in [-0.3, -0.25) is 9.59 Å². The van der Waals surface area contributed by atoms with E-state index in [0.717, 1.165) is 6.42 Å². The van der Waals surface area contributed by atoms with Gasteiger partial charge in [0, 0.05) is 12.5 Å². The zero-order valence-electron chi connectivity index (χ0n) is 10.7. The summed E-state index contributed by atoms with van der Waals surface area (Å²) in [7, 11) is 0. The highest BCUT2D eigenvalue weighted by Crippen LogP contribution is 2.17. The zero-order chi connectivity index (χ0) is 13.0. The first-order valence-corrected chi connectivity index (χ1v) is 6.04. The molecule has 0 saturated carbocycles. The van der Waals surface area contributed by atoms with Crippen molar-refractivity contribution in [1.82, 2.24) is 10.2 Å². The van der Waals surface area contributed by atoms with Crippen molar-refractivity contribution >= 4 is 11.8 Å². The van der Waals surface area contributed by atoms with Crippen LogP contribution in [0.4, 0.5) is 0 Å². The number of carbonyl (C=O) groups is 2. The summed E-state index contributed by atoms with van der Waals surface area (Å²) in [5.74, 6) is 2.57. The van der Waals surface area contributed by atoms with E-state index in [1.807, 2.05) is 20.8 Å². The van der Waals surface area contributed by atoms with Crippen LogP contribution >= 0.6 is 0 Å². The first-order valence-electron chi connectivity index (χ1n) is 6.04. The molecule has 1 fully saturated rings. The molecule has 1 saturated heterocycles. The minimum Gasteiger partial charge on any atom is -0.342 e. The number of carbonyl (C=O) groups excluding carboxylic acids is 2. The Morgan fingerprint density at radius 1 is 1.53 bits per heavy atom. The molecule has 4 heteroatoms. The molecule has 1 heterocycles. The van der Waals surface area contributed by atoms with Gasteiger partial charge in [-0.2, -0.15) is 0 Å². The second-order valence-corrected chi connectivity index (χ2v) is 4.65. The molecule has 0 aliphatic carbocycles. The van der Waals surface area contributed by atoms with Gasteiger partial charge in [0.1, 0.15) is 6.04 Å². The fraction of sp³-hybridized carbons (Fsp3) is 0.692. The van der Waals surface area contributed by atoms with Gasteiger partial charge in [0.2, 0.25) is 11.8 Å². The van der Waals surface area contributed by atoms with Crippen LogP contribution < -0.4 is 5.32 Å². The average Bonchev–Trinajstić information content (AvgIpc) is 2.30. The number of amides is 2. The minimum absolute atomic E-state index is 0.0123. The Hall–Kier alpha value is -1.50. The van der Waals surface area contributed by atoms with E-state index in [2.05, 4.69) is 11.2 Å². The van der Waals surface area contributed by atoms with E-state index in [4.69, 9.17) is 6.42 Å². The standard InChI is InChI=1S/C13H20N2O2/c1-5-7-10(4)15-8-11(16)14-12(13(15)17)9(3)6-2/h1,9-10,12H,6-8H2,2-4H3,(H,14,16). The summed E-state index contributed by atoms with van der Waals surface area (Å²) >= 11 is 0. The molecule has 1 aliphatic rings. The van der Waals surface area contributed by atoms with E-state index >= 15 is 0 Å². The van der Waals surface area contributed by atoms with Gasteiger partial charge in [0.25, 0.3) is 0 Å². The lowest BCUT2D eigenvalue weighted by atomic mass is 9.95. The summed E-state index contributed by atoms with van der Waals surface area (Å²) in [5.41, 5.74) is 0. The molecule has 1 rings (SSSR count). The second kappa shape index (κ2) is 5.72. The first-order chi connectivity index (χ1) is 8.01. The van der Waals surface area contributed by atoms with Gasteiger partial charge in [-0.05, 0) is 12.8 Å². The lowest BCUT2D eigenvalue weighted by Crippen LogP contribution is -2.61. The maximum atomic E-state index is 12.2. The molecule has 0 bridgehead atoms. The van der Waals surface area contributed by atoms with Gasteiger partial charge in [0.05, 0.1) is 6.54 Å². The molecule has 4 nitrogen and oxygen atoms in total. The van der Waals surface area contributed by atoms with Crippen molar-refractivity contribution in [3.8, 4) is 12.3 Å². The largest absolute Gasteiger partial charge is 0.342 e. The van der Waals surface area contributed by atoms with Crippen LogP contribution in [0.3, 0.4) is 0 Å². The van der Waals surface area contributed by atoms with Gasteiger partial charge in [-0.1, -0.05) is 20.3 Å². The summed E-state index contributed by atoms with van der Waals surface area (Å²) in [6, 6.07) is -0.480. The summed E-state index contributed by atoms with van der Waals surface area (Å²) in [6.07, 6.45) is 6.58. The molecule has 3 atom stereocenters. The third kappa shape index (κ3) is 3.00. The van der Waals surface area contributed by atoms with Crippen LogP contribution in [-0.2, 0) is 9.59 Å². The quantitative estimate of drug-likeness (QED) is 0.733.